The number of carbonyl (C=O) groups excluding carboxylic acids is 2. The SMILES string of the molecule is COC(=O)c1ccc(Nc2cnc(C(=O)NCCCc3ccccc3)cn2)cc1. The van der Waals surface area contributed by atoms with E-state index in [2.05, 4.69) is 37.5 Å². The van der Waals surface area contributed by atoms with Gasteiger partial charge < -0.3 is 15.4 Å². The lowest BCUT2D eigenvalue weighted by Crippen LogP contribution is -2.25. The summed E-state index contributed by atoms with van der Waals surface area (Å²) in [7, 11) is 1.34. The standard InChI is InChI=1S/C22H22N4O3/c1-29-22(28)17-9-11-18(12-10-17)26-20-15-24-19(14-25-20)21(27)23-13-5-8-16-6-3-2-4-7-16/h2-4,6-7,9-12,14-15H,5,8,13H2,1H3,(H,23,27)(H,25,26). The van der Waals surface area contributed by atoms with Crippen LogP contribution in [0.1, 0.15) is 32.8 Å². The normalized spacial score (nSPS) is 10.2. The highest BCUT2D eigenvalue weighted by molar-refractivity contribution is 5.92. The molecule has 0 radical (unpaired) electrons. The van der Waals surface area contributed by atoms with Crippen LogP contribution in [-0.4, -0.2) is 35.5 Å². The number of ether oxygens (including phenoxy) is 1. The first-order chi connectivity index (χ1) is 14.2. The van der Waals surface area contributed by atoms with Crippen LogP contribution in [0.4, 0.5) is 11.5 Å². The van der Waals surface area contributed by atoms with Crippen LogP contribution in [0.25, 0.3) is 0 Å². The van der Waals surface area contributed by atoms with Gasteiger partial charge in [-0.15, -0.1) is 0 Å². The third-order valence-corrected chi connectivity index (χ3v) is 4.23. The average Bonchev–Trinajstić information content (AvgIpc) is 2.78. The number of hydrogen-bond donors (Lipinski definition) is 2. The van der Waals surface area contributed by atoms with Crippen LogP contribution >= 0.6 is 0 Å². The second-order valence-corrected chi connectivity index (χ2v) is 6.33. The van der Waals surface area contributed by atoms with Crippen molar-refractivity contribution in [1.82, 2.24) is 15.3 Å². The fraction of sp³-hybridized carbons (Fsp3) is 0.182. The molecule has 2 aromatic carbocycles. The molecular formula is C22H22N4O3. The number of hydrogen-bond acceptors (Lipinski definition) is 6. The fourth-order valence-corrected chi connectivity index (χ4v) is 2.69. The molecule has 2 N–H and O–H groups in total. The van der Waals surface area contributed by atoms with E-state index in [9.17, 15) is 9.59 Å². The molecule has 0 saturated heterocycles. The predicted octanol–water partition coefficient (Wildman–Crippen LogP) is 3.37. The molecule has 7 heteroatoms. The quantitative estimate of drug-likeness (QED) is 0.452. The lowest BCUT2D eigenvalue weighted by molar-refractivity contribution is 0.0600. The highest BCUT2D eigenvalue weighted by Gasteiger charge is 2.08. The molecule has 0 aliphatic rings. The van der Waals surface area contributed by atoms with Crippen LogP contribution < -0.4 is 10.6 Å². The third kappa shape index (κ3) is 5.87. The zero-order valence-corrected chi connectivity index (χ0v) is 16.1. The van der Waals surface area contributed by atoms with Crippen molar-refractivity contribution in [1.29, 1.82) is 0 Å². The largest absolute Gasteiger partial charge is 0.465 e. The fourth-order valence-electron chi connectivity index (χ4n) is 2.69. The third-order valence-electron chi connectivity index (χ3n) is 4.23. The van der Waals surface area contributed by atoms with Crippen molar-refractivity contribution in [2.45, 2.75) is 12.8 Å². The molecule has 0 bridgehead atoms. The van der Waals surface area contributed by atoms with Crippen molar-refractivity contribution in [2.24, 2.45) is 0 Å². The highest BCUT2D eigenvalue weighted by Crippen LogP contribution is 2.15. The molecule has 0 fully saturated rings. The first-order valence-electron chi connectivity index (χ1n) is 9.25. The summed E-state index contributed by atoms with van der Waals surface area (Å²) in [5.41, 5.74) is 2.71. The molecule has 29 heavy (non-hydrogen) atoms. The molecule has 0 saturated carbocycles. The van der Waals surface area contributed by atoms with E-state index in [1.807, 2.05) is 18.2 Å². The lowest BCUT2D eigenvalue weighted by atomic mass is 10.1. The average molecular weight is 390 g/mol. The Bertz CT molecular complexity index is 942. The zero-order valence-electron chi connectivity index (χ0n) is 16.1. The van der Waals surface area contributed by atoms with E-state index >= 15 is 0 Å². The van der Waals surface area contributed by atoms with Crippen LogP contribution in [0, 0.1) is 0 Å². The number of aromatic nitrogens is 2. The van der Waals surface area contributed by atoms with Gasteiger partial charge in [-0.05, 0) is 42.7 Å². The summed E-state index contributed by atoms with van der Waals surface area (Å²) in [4.78, 5) is 32.0. The second-order valence-electron chi connectivity index (χ2n) is 6.33. The van der Waals surface area contributed by atoms with Crippen molar-refractivity contribution >= 4 is 23.4 Å². The molecule has 7 nitrogen and oxygen atoms in total. The minimum Gasteiger partial charge on any atom is -0.465 e. The van der Waals surface area contributed by atoms with Crippen molar-refractivity contribution < 1.29 is 14.3 Å². The monoisotopic (exact) mass is 390 g/mol. The van der Waals surface area contributed by atoms with Crippen molar-refractivity contribution in [3.63, 3.8) is 0 Å². The van der Waals surface area contributed by atoms with Gasteiger partial charge in [-0.1, -0.05) is 30.3 Å². The molecule has 1 heterocycles. The van der Waals surface area contributed by atoms with Gasteiger partial charge in [-0.3, -0.25) is 4.79 Å². The molecule has 0 aliphatic heterocycles. The smallest absolute Gasteiger partial charge is 0.337 e. The van der Waals surface area contributed by atoms with E-state index in [4.69, 9.17) is 0 Å². The Labute approximate surface area is 169 Å². The molecule has 148 valence electrons. The number of aryl methyl sites for hydroxylation is 1. The number of esters is 1. The number of nitrogens with one attached hydrogen (secondary N) is 2. The number of nitrogens with zero attached hydrogens (tertiary/aromatic N) is 2. The molecule has 3 aromatic rings. The summed E-state index contributed by atoms with van der Waals surface area (Å²) in [6.07, 6.45) is 4.68. The summed E-state index contributed by atoms with van der Waals surface area (Å²) >= 11 is 0. The van der Waals surface area contributed by atoms with Gasteiger partial charge in [-0.2, -0.15) is 0 Å². The molecule has 0 atom stereocenters. The van der Waals surface area contributed by atoms with Crippen LogP contribution in [0.2, 0.25) is 0 Å². The minimum absolute atomic E-state index is 0.250. The maximum absolute atomic E-state index is 12.2. The molecule has 0 aliphatic carbocycles. The second kappa shape index (κ2) is 9.98. The highest BCUT2D eigenvalue weighted by atomic mass is 16.5. The molecular weight excluding hydrogens is 368 g/mol. The zero-order chi connectivity index (χ0) is 20.5. The Morgan fingerprint density at radius 1 is 0.966 bits per heavy atom. The van der Waals surface area contributed by atoms with Crippen LogP contribution in [0.5, 0.6) is 0 Å². The predicted molar refractivity (Wildman–Crippen MR) is 110 cm³/mol. The van der Waals surface area contributed by atoms with Gasteiger partial charge in [0.25, 0.3) is 5.91 Å². The number of methoxy groups -OCH3 is 1. The summed E-state index contributed by atoms with van der Waals surface area (Å²) in [5.74, 6) is -0.147. The Morgan fingerprint density at radius 3 is 2.38 bits per heavy atom. The summed E-state index contributed by atoms with van der Waals surface area (Å²) in [5, 5.41) is 5.92. The lowest BCUT2D eigenvalue weighted by Gasteiger charge is -2.07. The van der Waals surface area contributed by atoms with Gasteiger partial charge in [0.2, 0.25) is 0 Å². The van der Waals surface area contributed by atoms with Gasteiger partial charge in [-0.25, -0.2) is 14.8 Å². The Balaban J connectivity index is 1.47. The van der Waals surface area contributed by atoms with Gasteiger partial charge in [0.1, 0.15) is 11.5 Å². The molecule has 0 unspecified atom stereocenters. The number of carbonyl (C=O) groups is 2. The van der Waals surface area contributed by atoms with E-state index in [-0.39, 0.29) is 11.6 Å². The summed E-state index contributed by atoms with van der Waals surface area (Å²) in [6.45, 7) is 0.571. The van der Waals surface area contributed by atoms with E-state index in [0.717, 1.165) is 18.5 Å². The van der Waals surface area contributed by atoms with Gasteiger partial charge in [0.15, 0.2) is 0 Å². The van der Waals surface area contributed by atoms with Gasteiger partial charge in [0.05, 0.1) is 25.1 Å². The summed E-state index contributed by atoms with van der Waals surface area (Å²) in [6, 6.07) is 16.9. The summed E-state index contributed by atoms with van der Waals surface area (Å²) < 4.78 is 4.67. The van der Waals surface area contributed by atoms with E-state index in [1.54, 1.807) is 24.3 Å². The minimum atomic E-state index is -0.393. The Morgan fingerprint density at radius 2 is 1.72 bits per heavy atom. The van der Waals surface area contributed by atoms with Crippen molar-refractivity contribution in [3.8, 4) is 0 Å². The first-order valence-corrected chi connectivity index (χ1v) is 9.25. The van der Waals surface area contributed by atoms with E-state index in [1.165, 1.54) is 25.1 Å². The Kier molecular flexibility index (Phi) is 6.89. The van der Waals surface area contributed by atoms with Crippen LogP contribution in [0.15, 0.2) is 67.0 Å². The molecule has 1 amide bonds. The van der Waals surface area contributed by atoms with Gasteiger partial charge >= 0.3 is 5.97 Å². The molecule has 3 rings (SSSR count). The van der Waals surface area contributed by atoms with Crippen LogP contribution in [0.3, 0.4) is 0 Å². The van der Waals surface area contributed by atoms with Crippen LogP contribution in [-0.2, 0) is 11.2 Å². The molecule has 1 aromatic heterocycles. The maximum Gasteiger partial charge on any atom is 0.337 e. The Hall–Kier alpha value is -3.74. The van der Waals surface area contributed by atoms with Gasteiger partial charge in [0, 0.05) is 12.2 Å². The van der Waals surface area contributed by atoms with Crippen molar-refractivity contribution in [2.75, 3.05) is 19.0 Å². The number of benzene rings is 2. The van der Waals surface area contributed by atoms with E-state index in [0.29, 0.717) is 17.9 Å². The number of anilines is 2. The maximum atomic E-state index is 12.2. The molecule has 0 spiro atoms. The number of rotatable bonds is 8. The van der Waals surface area contributed by atoms with E-state index < -0.39 is 5.97 Å². The topological polar surface area (TPSA) is 93.2 Å². The number of amides is 1. The first kappa shape index (κ1) is 20.0. The van der Waals surface area contributed by atoms with Crippen molar-refractivity contribution in [3.05, 3.63) is 83.8 Å².